The van der Waals surface area contributed by atoms with Crippen molar-refractivity contribution in [1.82, 2.24) is 0 Å². The SMILES string of the molecule is CC(C)(C)c1cc(Br)c(Oc2ccc(N)cc2)c(C(C)(C)C)c1. The molecule has 0 radical (unpaired) electrons. The van der Waals surface area contributed by atoms with Crippen LogP contribution in [0.5, 0.6) is 11.5 Å². The molecule has 0 unspecified atom stereocenters. The third-order valence-electron chi connectivity index (χ3n) is 3.82. The molecule has 2 nitrogen and oxygen atoms in total. The fraction of sp³-hybridized carbons (Fsp3) is 0.400. The molecule has 0 aliphatic heterocycles. The van der Waals surface area contributed by atoms with Gasteiger partial charge in [0, 0.05) is 11.3 Å². The van der Waals surface area contributed by atoms with E-state index in [1.54, 1.807) is 0 Å². The topological polar surface area (TPSA) is 35.2 Å². The van der Waals surface area contributed by atoms with E-state index in [1.165, 1.54) is 11.1 Å². The number of ether oxygens (including phenoxy) is 1. The summed E-state index contributed by atoms with van der Waals surface area (Å²) in [5.74, 6) is 1.66. The molecule has 2 aromatic carbocycles. The fourth-order valence-electron chi connectivity index (χ4n) is 2.34. The number of anilines is 1. The van der Waals surface area contributed by atoms with Crippen LogP contribution in [-0.4, -0.2) is 0 Å². The Bertz CT molecular complexity index is 691. The Hall–Kier alpha value is -1.48. The average molecular weight is 376 g/mol. The molecule has 0 aliphatic carbocycles. The first-order chi connectivity index (χ1) is 10.5. The molecule has 0 saturated carbocycles. The molecule has 124 valence electrons. The van der Waals surface area contributed by atoms with E-state index in [2.05, 4.69) is 69.6 Å². The van der Waals surface area contributed by atoms with Gasteiger partial charge in [0.05, 0.1) is 4.47 Å². The van der Waals surface area contributed by atoms with E-state index in [0.717, 1.165) is 21.7 Å². The predicted octanol–water partition coefficient (Wildman–Crippen LogP) is 6.42. The highest BCUT2D eigenvalue weighted by molar-refractivity contribution is 9.10. The van der Waals surface area contributed by atoms with Gasteiger partial charge in [0.1, 0.15) is 11.5 Å². The number of rotatable bonds is 2. The van der Waals surface area contributed by atoms with Gasteiger partial charge in [-0.1, -0.05) is 47.6 Å². The van der Waals surface area contributed by atoms with Crippen molar-refractivity contribution >= 4 is 21.6 Å². The van der Waals surface area contributed by atoms with Crippen molar-refractivity contribution in [1.29, 1.82) is 0 Å². The van der Waals surface area contributed by atoms with Gasteiger partial charge in [0.2, 0.25) is 0 Å². The molecule has 0 saturated heterocycles. The first kappa shape index (κ1) is 17.9. The molecule has 2 aromatic rings. The summed E-state index contributed by atoms with van der Waals surface area (Å²) in [4.78, 5) is 0. The summed E-state index contributed by atoms with van der Waals surface area (Å²) < 4.78 is 7.17. The highest BCUT2D eigenvalue weighted by atomic mass is 79.9. The van der Waals surface area contributed by atoms with Crippen LogP contribution in [0, 0.1) is 0 Å². The van der Waals surface area contributed by atoms with Crippen molar-refractivity contribution in [2.75, 3.05) is 5.73 Å². The van der Waals surface area contributed by atoms with Gasteiger partial charge in [-0.25, -0.2) is 0 Å². The Morgan fingerprint density at radius 1 is 0.870 bits per heavy atom. The lowest BCUT2D eigenvalue weighted by molar-refractivity contribution is 0.450. The van der Waals surface area contributed by atoms with Gasteiger partial charge >= 0.3 is 0 Å². The van der Waals surface area contributed by atoms with E-state index in [9.17, 15) is 0 Å². The van der Waals surface area contributed by atoms with Crippen LogP contribution in [-0.2, 0) is 10.8 Å². The van der Waals surface area contributed by atoms with Crippen molar-refractivity contribution in [3.63, 3.8) is 0 Å². The van der Waals surface area contributed by atoms with Gasteiger partial charge in [-0.15, -0.1) is 0 Å². The molecular weight excluding hydrogens is 350 g/mol. The maximum atomic E-state index is 6.19. The van der Waals surface area contributed by atoms with Crippen molar-refractivity contribution in [2.24, 2.45) is 0 Å². The van der Waals surface area contributed by atoms with Crippen LogP contribution < -0.4 is 10.5 Å². The lowest BCUT2D eigenvalue weighted by atomic mass is 9.80. The zero-order valence-corrected chi connectivity index (χ0v) is 16.4. The van der Waals surface area contributed by atoms with Gasteiger partial charge < -0.3 is 10.5 Å². The standard InChI is InChI=1S/C20H26BrNO/c1-19(2,3)13-11-16(20(4,5)6)18(17(21)12-13)23-15-9-7-14(22)8-10-15/h7-12H,22H2,1-6H3. The third-order valence-corrected chi connectivity index (χ3v) is 4.41. The monoisotopic (exact) mass is 375 g/mol. The number of benzene rings is 2. The van der Waals surface area contributed by atoms with E-state index < -0.39 is 0 Å². The number of hydrogen-bond donors (Lipinski definition) is 1. The zero-order valence-electron chi connectivity index (χ0n) is 14.8. The summed E-state index contributed by atoms with van der Waals surface area (Å²) in [6.45, 7) is 13.3. The molecule has 3 heteroatoms. The lowest BCUT2D eigenvalue weighted by Gasteiger charge is -2.28. The minimum atomic E-state index is -0.0209. The van der Waals surface area contributed by atoms with E-state index in [0.29, 0.717) is 0 Å². The quantitative estimate of drug-likeness (QED) is 0.614. The summed E-state index contributed by atoms with van der Waals surface area (Å²) in [6.07, 6.45) is 0. The highest BCUT2D eigenvalue weighted by Gasteiger charge is 2.25. The Kier molecular flexibility index (Phi) is 4.81. The van der Waals surface area contributed by atoms with Gasteiger partial charge in [-0.2, -0.15) is 0 Å². The number of hydrogen-bond acceptors (Lipinski definition) is 2. The van der Waals surface area contributed by atoms with Crippen molar-refractivity contribution in [2.45, 2.75) is 52.4 Å². The van der Waals surface area contributed by atoms with Crippen LogP contribution in [0.3, 0.4) is 0 Å². The molecule has 2 N–H and O–H groups in total. The molecular formula is C20H26BrNO. The third kappa shape index (κ3) is 4.29. The van der Waals surface area contributed by atoms with E-state index in [-0.39, 0.29) is 10.8 Å². The molecule has 0 aliphatic rings. The summed E-state index contributed by atoms with van der Waals surface area (Å²) in [7, 11) is 0. The molecule has 0 amide bonds. The Morgan fingerprint density at radius 2 is 1.43 bits per heavy atom. The second-order valence-corrected chi connectivity index (χ2v) is 8.86. The van der Waals surface area contributed by atoms with Crippen LogP contribution in [0.4, 0.5) is 5.69 Å². The number of nitrogen functional groups attached to an aromatic ring is 1. The number of halogens is 1. The van der Waals surface area contributed by atoms with Crippen molar-refractivity contribution in [3.05, 3.63) is 52.0 Å². The van der Waals surface area contributed by atoms with Crippen LogP contribution in [0.2, 0.25) is 0 Å². The van der Waals surface area contributed by atoms with Gasteiger partial charge in [0.15, 0.2) is 0 Å². The van der Waals surface area contributed by atoms with Gasteiger partial charge in [-0.05, 0) is 62.7 Å². The van der Waals surface area contributed by atoms with Crippen LogP contribution in [0.1, 0.15) is 52.7 Å². The van der Waals surface area contributed by atoms with Crippen LogP contribution >= 0.6 is 15.9 Å². The minimum absolute atomic E-state index is 0.0209. The predicted molar refractivity (Wildman–Crippen MR) is 102 cm³/mol. The van der Waals surface area contributed by atoms with E-state index >= 15 is 0 Å². The van der Waals surface area contributed by atoms with Crippen LogP contribution in [0.15, 0.2) is 40.9 Å². The molecule has 0 aromatic heterocycles. The average Bonchev–Trinajstić information content (AvgIpc) is 2.40. The van der Waals surface area contributed by atoms with Crippen molar-refractivity contribution < 1.29 is 4.74 Å². The van der Waals surface area contributed by atoms with Crippen molar-refractivity contribution in [3.8, 4) is 11.5 Å². The molecule has 0 bridgehead atoms. The summed E-state index contributed by atoms with van der Waals surface area (Å²) in [5.41, 5.74) is 9.03. The smallest absolute Gasteiger partial charge is 0.145 e. The molecule has 23 heavy (non-hydrogen) atoms. The van der Waals surface area contributed by atoms with Gasteiger partial charge in [-0.3, -0.25) is 0 Å². The summed E-state index contributed by atoms with van der Waals surface area (Å²) in [6, 6.07) is 11.9. The first-order valence-electron chi connectivity index (χ1n) is 7.86. The molecule has 0 atom stereocenters. The second kappa shape index (κ2) is 6.20. The van der Waals surface area contributed by atoms with E-state index in [4.69, 9.17) is 10.5 Å². The lowest BCUT2D eigenvalue weighted by Crippen LogP contribution is -2.17. The fourth-order valence-corrected chi connectivity index (χ4v) is 2.88. The Morgan fingerprint density at radius 3 is 1.91 bits per heavy atom. The Labute approximate surface area is 148 Å². The molecule has 0 spiro atoms. The van der Waals surface area contributed by atoms with Gasteiger partial charge in [0.25, 0.3) is 0 Å². The van der Waals surface area contributed by atoms with Crippen LogP contribution in [0.25, 0.3) is 0 Å². The molecule has 0 fully saturated rings. The highest BCUT2D eigenvalue weighted by Crippen LogP contribution is 2.42. The Balaban J connectivity index is 2.55. The minimum Gasteiger partial charge on any atom is -0.456 e. The molecule has 0 heterocycles. The summed E-state index contributed by atoms with van der Waals surface area (Å²) >= 11 is 3.71. The first-order valence-corrected chi connectivity index (χ1v) is 8.65. The maximum absolute atomic E-state index is 6.19. The van der Waals surface area contributed by atoms with E-state index in [1.807, 2.05) is 24.3 Å². The zero-order chi connectivity index (χ0) is 17.4. The number of nitrogens with two attached hydrogens (primary N) is 1. The summed E-state index contributed by atoms with van der Waals surface area (Å²) in [5, 5.41) is 0. The largest absolute Gasteiger partial charge is 0.456 e. The maximum Gasteiger partial charge on any atom is 0.145 e. The normalized spacial score (nSPS) is 12.3. The second-order valence-electron chi connectivity index (χ2n) is 8.01. The molecule has 2 rings (SSSR count).